The first kappa shape index (κ1) is 26.6. The fourth-order valence-corrected chi connectivity index (χ4v) is 4.07. The highest BCUT2D eigenvalue weighted by atomic mass is 19.4. The molecule has 1 aliphatic rings. The molecule has 0 N–H and O–H groups in total. The van der Waals surface area contributed by atoms with Crippen molar-refractivity contribution in [1.82, 2.24) is 14.7 Å². The van der Waals surface area contributed by atoms with Gasteiger partial charge in [-0.1, -0.05) is 13.3 Å². The maximum atomic E-state index is 13.2. The zero-order valence-electron chi connectivity index (χ0n) is 19.2. The lowest BCUT2D eigenvalue weighted by atomic mass is 10.0. The molecule has 192 valence electrons. The van der Waals surface area contributed by atoms with E-state index in [2.05, 4.69) is 5.10 Å². The van der Waals surface area contributed by atoms with Crippen LogP contribution in [-0.4, -0.2) is 46.3 Å². The summed E-state index contributed by atoms with van der Waals surface area (Å²) in [6, 6.07) is 2.36. The van der Waals surface area contributed by atoms with Gasteiger partial charge in [-0.2, -0.15) is 31.4 Å². The highest BCUT2D eigenvalue weighted by Gasteiger charge is 2.38. The topological polar surface area (TPSA) is 64.4 Å². The van der Waals surface area contributed by atoms with Gasteiger partial charge in [0.2, 0.25) is 0 Å². The average Bonchev–Trinajstić information content (AvgIpc) is 3.22. The van der Waals surface area contributed by atoms with Gasteiger partial charge in [0.15, 0.2) is 5.69 Å². The second kappa shape index (κ2) is 10.3. The molecule has 35 heavy (non-hydrogen) atoms. The normalized spacial score (nSPS) is 15.4. The molecule has 1 aromatic carbocycles. The molecule has 1 saturated heterocycles. The molecule has 0 aliphatic carbocycles. The summed E-state index contributed by atoms with van der Waals surface area (Å²) in [6.45, 7) is 4.06. The number of carbonyl (C=O) groups is 2. The molecule has 0 unspecified atom stereocenters. The van der Waals surface area contributed by atoms with Gasteiger partial charge in [-0.3, -0.25) is 9.48 Å². The van der Waals surface area contributed by atoms with Crippen LogP contribution in [0.15, 0.2) is 24.3 Å². The highest BCUT2D eigenvalue weighted by Crippen LogP contribution is 2.37. The lowest BCUT2D eigenvalue weighted by molar-refractivity contribution is -0.143. The van der Waals surface area contributed by atoms with Crippen molar-refractivity contribution in [2.75, 3.05) is 19.7 Å². The molecule has 0 spiro atoms. The molecule has 1 fully saturated rings. The van der Waals surface area contributed by atoms with Crippen LogP contribution in [0, 0.1) is 0 Å². The summed E-state index contributed by atoms with van der Waals surface area (Å²) in [7, 11) is 0. The Bertz CT molecular complexity index is 1040. The predicted octanol–water partition coefficient (Wildman–Crippen LogP) is 5.53. The van der Waals surface area contributed by atoms with Crippen molar-refractivity contribution in [1.29, 1.82) is 0 Å². The number of halogens is 6. The molecule has 0 bridgehead atoms. The quantitative estimate of drug-likeness (QED) is 0.383. The minimum atomic E-state index is -5.03. The van der Waals surface area contributed by atoms with Crippen LogP contribution in [-0.2, 0) is 23.5 Å². The van der Waals surface area contributed by atoms with Crippen molar-refractivity contribution in [2.24, 2.45) is 0 Å². The van der Waals surface area contributed by atoms with Crippen LogP contribution in [0.1, 0.15) is 76.8 Å². The van der Waals surface area contributed by atoms with E-state index in [0.29, 0.717) is 31.4 Å². The number of benzene rings is 1. The van der Waals surface area contributed by atoms with Gasteiger partial charge in [0, 0.05) is 24.3 Å². The van der Waals surface area contributed by atoms with Gasteiger partial charge in [0.05, 0.1) is 23.8 Å². The highest BCUT2D eigenvalue weighted by molar-refractivity contribution is 5.94. The zero-order valence-corrected chi connectivity index (χ0v) is 19.2. The van der Waals surface area contributed by atoms with Gasteiger partial charge in [-0.05, 0) is 50.5 Å². The van der Waals surface area contributed by atoms with Crippen molar-refractivity contribution < 1.29 is 40.7 Å². The first-order valence-electron chi connectivity index (χ1n) is 11.2. The molecular weight excluding hydrogens is 480 g/mol. The van der Waals surface area contributed by atoms with Gasteiger partial charge in [0.25, 0.3) is 5.91 Å². The number of carbonyl (C=O) groups excluding carboxylic acids is 2. The van der Waals surface area contributed by atoms with Crippen molar-refractivity contribution in [3.8, 4) is 0 Å². The van der Waals surface area contributed by atoms with E-state index in [1.54, 1.807) is 17.7 Å². The number of aryl methyl sites for hydroxylation is 1. The number of hydrogen-bond donors (Lipinski definition) is 0. The van der Waals surface area contributed by atoms with E-state index in [-0.39, 0.29) is 37.5 Å². The minimum absolute atomic E-state index is 0.00286. The number of aromatic nitrogens is 2. The first-order chi connectivity index (χ1) is 16.3. The molecule has 0 atom stereocenters. The zero-order chi connectivity index (χ0) is 26.0. The Morgan fingerprint density at radius 2 is 1.54 bits per heavy atom. The van der Waals surface area contributed by atoms with Crippen LogP contribution in [0.4, 0.5) is 26.3 Å². The standard InChI is InChI=1S/C23H25F6N3O3/c1-3-5-18-13-19(21(34)35-4-2)30-32(18)17-6-8-31(9-7-17)20(33)14-10-15(22(24,25)26)12-16(11-14)23(27,28)29/h10-13,17H,3-9H2,1-2H3. The SMILES string of the molecule is CCCc1cc(C(=O)OCC)nn1C1CCN(C(=O)c2cc(C(F)(F)F)cc(C(F)(F)F)c2)CC1. The largest absolute Gasteiger partial charge is 0.461 e. The summed E-state index contributed by atoms with van der Waals surface area (Å²) in [4.78, 5) is 26.2. The number of hydrogen-bond acceptors (Lipinski definition) is 4. The fourth-order valence-electron chi connectivity index (χ4n) is 4.07. The predicted molar refractivity (Wildman–Crippen MR) is 113 cm³/mol. The Morgan fingerprint density at radius 3 is 2.03 bits per heavy atom. The van der Waals surface area contributed by atoms with Gasteiger partial charge < -0.3 is 9.64 Å². The number of piperidine rings is 1. The lowest BCUT2D eigenvalue weighted by Gasteiger charge is -2.33. The average molecular weight is 505 g/mol. The molecule has 1 aliphatic heterocycles. The van der Waals surface area contributed by atoms with Crippen LogP contribution in [0.5, 0.6) is 0 Å². The number of rotatable bonds is 6. The van der Waals surface area contributed by atoms with E-state index in [1.165, 1.54) is 4.90 Å². The molecule has 0 saturated carbocycles. The Kier molecular flexibility index (Phi) is 7.80. The van der Waals surface area contributed by atoms with E-state index >= 15 is 0 Å². The van der Waals surface area contributed by atoms with Gasteiger partial charge in [-0.15, -0.1) is 0 Å². The van der Waals surface area contributed by atoms with E-state index in [0.717, 1.165) is 12.1 Å². The van der Waals surface area contributed by atoms with Crippen molar-refractivity contribution in [3.63, 3.8) is 0 Å². The molecule has 2 aromatic rings. The van der Waals surface area contributed by atoms with Crippen molar-refractivity contribution in [3.05, 3.63) is 52.3 Å². The number of amides is 1. The molecule has 2 heterocycles. The molecule has 1 amide bonds. The van der Waals surface area contributed by atoms with Gasteiger partial charge in [-0.25, -0.2) is 4.79 Å². The third-order valence-corrected chi connectivity index (χ3v) is 5.74. The van der Waals surface area contributed by atoms with Crippen molar-refractivity contribution in [2.45, 2.75) is 57.9 Å². The monoisotopic (exact) mass is 505 g/mol. The fraction of sp³-hybridized carbons (Fsp3) is 0.522. The van der Waals surface area contributed by atoms with Crippen LogP contribution in [0.3, 0.4) is 0 Å². The van der Waals surface area contributed by atoms with Gasteiger partial charge in [0.1, 0.15) is 0 Å². The summed E-state index contributed by atoms with van der Waals surface area (Å²) < 4.78 is 85.6. The molecule has 6 nitrogen and oxygen atoms in total. The maximum absolute atomic E-state index is 13.2. The summed E-state index contributed by atoms with van der Waals surface area (Å²) >= 11 is 0. The molecular formula is C23H25F6N3O3. The van der Waals surface area contributed by atoms with E-state index < -0.39 is 40.9 Å². The summed E-state index contributed by atoms with van der Waals surface area (Å²) in [5.41, 5.74) is -2.75. The molecule has 3 rings (SSSR count). The smallest absolute Gasteiger partial charge is 0.416 e. The maximum Gasteiger partial charge on any atom is 0.416 e. The number of likely N-dealkylation sites (tertiary alicyclic amines) is 1. The minimum Gasteiger partial charge on any atom is -0.461 e. The van der Waals surface area contributed by atoms with E-state index in [1.807, 2.05) is 6.92 Å². The number of alkyl halides is 6. The van der Waals surface area contributed by atoms with Crippen LogP contribution in [0.2, 0.25) is 0 Å². The third-order valence-electron chi connectivity index (χ3n) is 5.74. The number of nitrogens with zero attached hydrogens (tertiary/aromatic N) is 3. The number of esters is 1. The van der Waals surface area contributed by atoms with Crippen LogP contribution < -0.4 is 0 Å². The second-order valence-electron chi connectivity index (χ2n) is 8.25. The molecule has 12 heteroatoms. The van der Waals surface area contributed by atoms with E-state index in [9.17, 15) is 35.9 Å². The van der Waals surface area contributed by atoms with Crippen molar-refractivity contribution >= 4 is 11.9 Å². The molecule has 1 aromatic heterocycles. The summed E-state index contributed by atoms with van der Waals surface area (Å²) in [6.07, 6.45) is -7.88. The number of ether oxygens (including phenoxy) is 1. The van der Waals surface area contributed by atoms with Crippen LogP contribution in [0.25, 0.3) is 0 Å². The van der Waals surface area contributed by atoms with Crippen LogP contribution >= 0.6 is 0 Å². The first-order valence-corrected chi connectivity index (χ1v) is 11.2. The van der Waals surface area contributed by atoms with Gasteiger partial charge >= 0.3 is 18.3 Å². The second-order valence-corrected chi connectivity index (χ2v) is 8.25. The Balaban J connectivity index is 1.79. The summed E-state index contributed by atoms with van der Waals surface area (Å²) in [5.74, 6) is -1.46. The Hall–Kier alpha value is -3.05. The summed E-state index contributed by atoms with van der Waals surface area (Å²) in [5, 5.41) is 4.37. The Labute approximate surface area is 197 Å². The molecule has 0 radical (unpaired) electrons. The van der Waals surface area contributed by atoms with E-state index in [4.69, 9.17) is 4.74 Å². The third kappa shape index (κ3) is 6.15. The Morgan fingerprint density at radius 1 is 0.971 bits per heavy atom. The lowest BCUT2D eigenvalue weighted by Crippen LogP contribution is -2.39.